The smallest absolute Gasteiger partial charge is 0.000705 e. The maximum absolute atomic E-state index is 2.31. The van der Waals surface area contributed by atoms with Crippen molar-refractivity contribution in [2.75, 3.05) is 0 Å². The van der Waals surface area contributed by atoms with E-state index in [2.05, 4.69) is 72.8 Å². The van der Waals surface area contributed by atoms with Gasteiger partial charge in [-0.05, 0) is 68.1 Å². The monoisotopic (exact) mass is 304 g/mol. The van der Waals surface area contributed by atoms with Crippen molar-refractivity contribution in [2.24, 2.45) is 0 Å². The summed E-state index contributed by atoms with van der Waals surface area (Å²) in [6.45, 7) is 0. The normalized spacial score (nSPS) is 13.5. The molecule has 0 radical (unpaired) electrons. The molecule has 0 nitrogen and oxygen atoms in total. The van der Waals surface area contributed by atoms with E-state index in [1.807, 2.05) is 0 Å². The second kappa shape index (κ2) is 4.36. The Balaban J connectivity index is 1.85. The standard InChI is InChI=1S/C24H16/c1-3-9-17-15(7-1)13-21-19-11-5-6-12-20(19)22-14-16-8-2-4-10-18(16)24(22)23(17)21/h1-12H,13-14H2. The summed E-state index contributed by atoms with van der Waals surface area (Å²) in [6, 6.07) is 26.9. The maximum atomic E-state index is 2.31. The van der Waals surface area contributed by atoms with Gasteiger partial charge in [0.2, 0.25) is 0 Å². The third-order valence-electron chi connectivity index (χ3n) is 5.74. The number of benzene rings is 4. The van der Waals surface area contributed by atoms with E-state index in [9.17, 15) is 0 Å². The lowest BCUT2D eigenvalue weighted by Gasteiger charge is -2.14. The maximum Gasteiger partial charge on any atom is -0.000705 e. The predicted molar refractivity (Wildman–Crippen MR) is 100 cm³/mol. The molecule has 0 aliphatic heterocycles. The molecule has 0 atom stereocenters. The molecule has 0 spiro atoms. The van der Waals surface area contributed by atoms with Crippen molar-refractivity contribution in [1.82, 2.24) is 0 Å². The Morgan fingerprint density at radius 2 is 0.875 bits per heavy atom. The van der Waals surface area contributed by atoms with Crippen LogP contribution < -0.4 is 0 Å². The average molecular weight is 304 g/mol. The van der Waals surface area contributed by atoms with Gasteiger partial charge < -0.3 is 0 Å². The van der Waals surface area contributed by atoms with Crippen LogP contribution in [-0.4, -0.2) is 0 Å². The summed E-state index contributed by atoms with van der Waals surface area (Å²) < 4.78 is 0. The average Bonchev–Trinajstić information content (AvgIpc) is 3.20. The highest BCUT2D eigenvalue weighted by molar-refractivity contribution is 6.07. The van der Waals surface area contributed by atoms with Crippen molar-refractivity contribution in [3.8, 4) is 22.3 Å². The molecule has 0 saturated heterocycles. The molecule has 0 heteroatoms. The van der Waals surface area contributed by atoms with E-state index in [4.69, 9.17) is 0 Å². The predicted octanol–water partition coefficient (Wildman–Crippen LogP) is 5.98. The molecule has 0 fully saturated rings. The van der Waals surface area contributed by atoms with Gasteiger partial charge in [0.05, 0.1) is 0 Å². The third-order valence-corrected chi connectivity index (χ3v) is 5.74. The Kier molecular flexibility index (Phi) is 2.28. The molecule has 0 unspecified atom stereocenters. The van der Waals surface area contributed by atoms with Crippen LogP contribution in [0, 0.1) is 0 Å². The molecule has 112 valence electrons. The van der Waals surface area contributed by atoms with Crippen LogP contribution in [0.15, 0.2) is 72.8 Å². The third kappa shape index (κ3) is 1.44. The van der Waals surface area contributed by atoms with Gasteiger partial charge in [-0.1, -0.05) is 72.8 Å². The van der Waals surface area contributed by atoms with Crippen LogP contribution in [0.3, 0.4) is 0 Å². The zero-order valence-electron chi connectivity index (χ0n) is 13.3. The molecule has 0 N–H and O–H groups in total. The van der Waals surface area contributed by atoms with E-state index < -0.39 is 0 Å². The summed E-state index contributed by atoms with van der Waals surface area (Å²) in [6.07, 6.45) is 2.11. The zero-order valence-corrected chi connectivity index (χ0v) is 13.3. The lowest BCUT2D eigenvalue weighted by molar-refractivity contribution is 1.27. The molecule has 0 aromatic heterocycles. The van der Waals surface area contributed by atoms with E-state index in [1.165, 1.54) is 55.3 Å². The minimum absolute atomic E-state index is 1.06. The highest BCUT2D eigenvalue weighted by Gasteiger charge is 2.31. The summed E-state index contributed by atoms with van der Waals surface area (Å²) in [4.78, 5) is 0. The van der Waals surface area contributed by atoms with Gasteiger partial charge in [-0.2, -0.15) is 0 Å². The van der Waals surface area contributed by atoms with Crippen molar-refractivity contribution in [3.05, 3.63) is 95.1 Å². The van der Waals surface area contributed by atoms with Crippen LogP contribution in [0.4, 0.5) is 0 Å². The molecule has 0 saturated carbocycles. The molecular formula is C24H16. The van der Waals surface area contributed by atoms with Crippen LogP contribution in [-0.2, 0) is 12.8 Å². The zero-order chi connectivity index (χ0) is 15.7. The first-order valence-electron chi connectivity index (χ1n) is 8.65. The van der Waals surface area contributed by atoms with Gasteiger partial charge in [0, 0.05) is 0 Å². The van der Waals surface area contributed by atoms with Gasteiger partial charge >= 0.3 is 0 Å². The highest BCUT2D eigenvalue weighted by Crippen LogP contribution is 2.52. The Hall–Kier alpha value is -2.86. The Morgan fingerprint density at radius 1 is 0.458 bits per heavy atom. The first-order chi connectivity index (χ1) is 11.9. The Labute approximate surface area is 141 Å². The van der Waals surface area contributed by atoms with Gasteiger partial charge in [-0.25, -0.2) is 0 Å². The summed E-state index contributed by atoms with van der Waals surface area (Å²) in [5.74, 6) is 0. The second-order valence-electron chi connectivity index (χ2n) is 6.92. The molecule has 4 aromatic rings. The summed E-state index contributed by atoms with van der Waals surface area (Å²) in [5.41, 5.74) is 11.8. The molecule has 24 heavy (non-hydrogen) atoms. The van der Waals surface area contributed by atoms with Crippen molar-refractivity contribution >= 4 is 10.8 Å². The minimum Gasteiger partial charge on any atom is -0.0619 e. The number of hydrogen-bond donors (Lipinski definition) is 0. The van der Waals surface area contributed by atoms with Crippen molar-refractivity contribution < 1.29 is 0 Å². The SMILES string of the molecule is c1ccc2c(c1)Cc1c-2c2c(c3ccccc13)Cc1ccccc1-2. The van der Waals surface area contributed by atoms with Gasteiger partial charge in [0.25, 0.3) is 0 Å². The van der Waals surface area contributed by atoms with Crippen LogP contribution in [0.1, 0.15) is 22.3 Å². The van der Waals surface area contributed by atoms with Gasteiger partial charge in [0.1, 0.15) is 0 Å². The van der Waals surface area contributed by atoms with E-state index in [-0.39, 0.29) is 0 Å². The summed E-state index contributed by atoms with van der Waals surface area (Å²) in [7, 11) is 0. The van der Waals surface area contributed by atoms with Crippen LogP contribution in [0.5, 0.6) is 0 Å². The summed E-state index contributed by atoms with van der Waals surface area (Å²) in [5, 5.41) is 2.88. The number of rotatable bonds is 0. The first-order valence-corrected chi connectivity index (χ1v) is 8.65. The van der Waals surface area contributed by atoms with Gasteiger partial charge in [-0.15, -0.1) is 0 Å². The molecule has 2 aliphatic rings. The van der Waals surface area contributed by atoms with Crippen LogP contribution >= 0.6 is 0 Å². The van der Waals surface area contributed by atoms with Crippen molar-refractivity contribution in [1.29, 1.82) is 0 Å². The second-order valence-corrected chi connectivity index (χ2v) is 6.92. The first kappa shape index (κ1) is 12.5. The van der Waals surface area contributed by atoms with E-state index >= 15 is 0 Å². The molecule has 0 bridgehead atoms. The fourth-order valence-electron chi connectivity index (χ4n) is 4.76. The Bertz CT molecular complexity index is 1060. The molecule has 4 aromatic carbocycles. The topological polar surface area (TPSA) is 0 Å². The van der Waals surface area contributed by atoms with Gasteiger partial charge in [0.15, 0.2) is 0 Å². The largest absolute Gasteiger partial charge is 0.0619 e. The molecule has 0 heterocycles. The van der Waals surface area contributed by atoms with E-state index in [0.29, 0.717) is 0 Å². The molecular weight excluding hydrogens is 288 g/mol. The molecule has 6 rings (SSSR count). The molecule has 2 aliphatic carbocycles. The van der Waals surface area contributed by atoms with Gasteiger partial charge in [-0.3, -0.25) is 0 Å². The Morgan fingerprint density at radius 3 is 1.38 bits per heavy atom. The van der Waals surface area contributed by atoms with Crippen LogP contribution in [0.2, 0.25) is 0 Å². The molecule has 0 amide bonds. The quantitative estimate of drug-likeness (QED) is 0.324. The minimum atomic E-state index is 1.06. The van der Waals surface area contributed by atoms with Crippen LogP contribution in [0.25, 0.3) is 33.0 Å². The number of hydrogen-bond acceptors (Lipinski definition) is 0. The van der Waals surface area contributed by atoms with E-state index in [1.54, 1.807) is 0 Å². The fraction of sp³-hybridized carbons (Fsp3) is 0.0833. The number of fused-ring (bicyclic) bond motifs is 10. The highest BCUT2D eigenvalue weighted by atomic mass is 14.3. The van der Waals surface area contributed by atoms with Crippen molar-refractivity contribution in [2.45, 2.75) is 12.8 Å². The van der Waals surface area contributed by atoms with E-state index in [0.717, 1.165) is 12.8 Å². The lowest BCUT2D eigenvalue weighted by Crippen LogP contribution is -1.92. The van der Waals surface area contributed by atoms with Crippen molar-refractivity contribution in [3.63, 3.8) is 0 Å². The summed E-state index contributed by atoms with van der Waals surface area (Å²) >= 11 is 0. The fourth-order valence-corrected chi connectivity index (χ4v) is 4.76. The lowest BCUT2D eigenvalue weighted by atomic mass is 9.89.